The Labute approximate surface area is 368 Å². The molecule has 0 saturated carbocycles. The number of rotatable bonds is 19. The van der Waals surface area contributed by atoms with Gasteiger partial charge in [0.2, 0.25) is 17.1 Å². The van der Waals surface area contributed by atoms with E-state index in [1.807, 2.05) is 72.1 Å². The van der Waals surface area contributed by atoms with Gasteiger partial charge in [-0.15, -0.1) is 11.3 Å². The summed E-state index contributed by atoms with van der Waals surface area (Å²) in [6.45, 7) is 4.20. The van der Waals surface area contributed by atoms with Crippen molar-refractivity contribution in [1.82, 2.24) is 10.3 Å². The number of carbonyl (C=O) groups excluding carboxylic acids is 3. The number of H-pyrrole nitrogens is 1. The van der Waals surface area contributed by atoms with Crippen LogP contribution < -0.4 is 20.5 Å². The van der Waals surface area contributed by atoms with Crippen LogP contribution in [0.4, 0.5) is 10.5 Å². The summed E-state index contributed by atoms with van der Waals surface area (Å²) < 4.78 is 24.2. The molecule has 6 aromatic rings. The number of amides is 1. The minimum atomic E-state index is -0.865. The number of hydrogen-bond acceptors (Lipinski definition) is 12. The van der Waals surface area contributed by atoms with E-state index in [0.717, 1.165) is 36.4 Å². The first kappa shape index (κ1) is 43.4. The molecule has 14 nitrogen and oxygen atoms in total. The summed E-state index contributed by atoms with van der Waals surface area (Å²) >= 11 is 1.47. The van der Waals surface area contributed by atoms with Crippen LogP contribution in [0.15, 0.2) is 118 Å². The average Bonchev–Trinajstić information content (AvgIpc) is 4.02. The van der Waals surface area contributed by atoms with E-state index >= 15 is 0 Å². The monoisotopic (exact) mass is 875 g/mol. The largest absolute Gasteiger partial charge is 0.506 e. The maximum absolute atomic E-state index is 14.0. The van der Waals surface area contributed by atoms with Gasteiger partial charge in [-0.25, -0.2) is 9.59 Å². The first-order valence-electron chi connectivity index (χ1n) is 21.3. The van der Waals surface area contributed by atoms with E-state index in [9.17, 15) is 29.4 Å². The molecular weight excluding hydrogens is 825 g/mol. The van der Waals surface area contributed by atoms with Crippen LogP contribution in [0, 0.1) is 5.92 Å². The number of para-hydroxylation sites is 1. The number of benzene rings is 3. The van der Waals surface area contributed by atoms with Crippen LogP contribution in [-0.4, -0.2) is 89.5 Å². The van der Waals surface area contributed by atoms with Gasteiger partial charge in [0.05, 0.1) is 42.7 Å². The molecule has 0 spiro atoms. The number of aliphatic hydroxyl groups excluding tert-OH is 1. The Balaban J connectivity index is 0.788. The lowest BCUT2D eigenvalue weighted by Crippen LogP contribution is -2.66. The molecule has 0 unspecified atom stereocenters. The highest BCUT2D eigenvalue weighted by Crippen LogP contribution is 2.37. The highest BCUT2D eigenvalue weighted by atomic mass is 32.1. The van der Waals surface area contributed by atoms with Crippen molar-refractivity contribution in [3.8, 4) is 11.5 Å². The van der Waals surface area contributed by atoms with Crippen molar-refractivity contribution in [2.45, 2.75) is 51.0 Å². The maximum Gasteiger partial charge on any atom is 0.415 e. The second-order valence-electron chi connectivity index (χ2n) is 16.3. The third kappa shape index (κ3) is 10.7. The molecule has 3 saturated heterocycles. The molecule has 3 aliphatic heterocycles. The van der Waals surface area contributed by atoms with Gasteiger partial charge >= 0.3 is 12.1 Å². The number of nitrogens with zero attached hydrogens (tertiary/aromatic N) is 2. The van der Waals surface area contributed by atoms with Crippen molar-refractivity contribution in [3.05, 3.63) is 146 Å². The Morgan fingerprint density at radius 2 is 1.79 bits per heavy atom. The molecule has 3 aromatic carbocycles. The standard InChI is InChI=1S/C48H50N4O10S/c53-39-16-14-37(38-15-18-45(56)50-46(38)39)40(54)27-49-21-4-5-24-59-47(57)42-17-13-36(61-42)31-60-35-11-6-8-32(26-35)28-51(34-9-2-1-3-10-34)48(58)62-43-30-52(22-19-33(43)20-23-52)29-41(55)44-12-7-25-63-44/h1-3,6-18,25-26,33,40,43,49,54H,4-5,19-24,27-31H2,(H-,50,53,56)/p+1/t33?,40-,43-,52?/m0/s1. The summed E-state index contributed by atoms with van der Waals surface area (Å²) in [6, 6.07) is 29.9. The van der Waals surface area contributed by atoms with E-state index in [1.165, 1.54) is 23.5 Å². The minimum Gasteiger partial charge on any atom is -0.506 e. The quantitative estimate of drug-likeness (QED) is 0.0276. The predicted octanol–water partition coefficient (Wildman–Crippen LogP) is 7.36. The van der Waals surface area contributed by atoms with Gasteiger partial charge in [-0.3, -0.25) is 14.5 Å². The van der Waals surface area contributed by atoms with Crippen molar-refractivity contribution >= 4 is 45.8 Å². The van der Waals surface area contributed by atoms with Gasteiger partial charge in [0.25, 0.3) is 0 Å². The van der Waals surface area contributed by atoms with Crippen LogP contribution in [0.5, 0.6) is 11.5 Å². The lowest BCUT2D eigenvalue weighted by Gasteiger charge is -2.51. The number of phenolic OH excluding ortho intramolecular Hbond substituents is 1. The summed E-state index contributed by atoms with van der Waals surface area (Å²) in [7, 11) is 0. The maximum atomic E-state index is 14.0. The number of Topliss-reactive ketones (excluding diaryl/α,β-unsaturated/α-hetero) is 1. The summed E-state index contributed by atoms with van der Waals surface area (Å²) in [5.74, 6) is 0.819. The number of hydrogen-bond donors (Lipinski definition) is 4. The zero-order valence-electron chi connectivity index (χ0n) is 34.8. The zero-order chi connectivity index (χ0) is 43.8. The summed E-state index contributed by atoms with van der Waals surface area (Å²) in [5.41, 5.74) is 2.05. The number of aromatic nitrogens is 1. The van der Waals surface area contributed by atoms with Crippen molar-refractivity contribution in [1.29, 1.82) is 0 Å². The van der Waals surface area contributed by atoms with Gasteiger partial charge in [0, 0.05) is 42.4 Å². The number of carbonyl (C=O) groups is 3. The molecule has 3 aliphatic rings. The van der Waals surface area contributed by atoms with Crippen molar-refractivity contribution in [3.63, 3.8) is 0 Å². The zero-order valence-corrected chi connectivity index (χ0v) is 35.6. The first-order valence-corrected chi connectivity index (χ1v) is 22.2. The number of unbranched alkanes of at least 4 members (excludes halogenated alkanes) is 1. The van der Waals surface area contributed by atoms with E-state index in [2.05, 4.69) is 10.3 Å². The van der Waals surface area contributed by atoms with Crippen LogP contribution in [0.3, 0.4) is 0 Å². The molecule has 63 heavy (non-hydrogen) atoms. The fraction of sp³-hybridized carbons (Fsp3) is 0.333. The average molecular weight is 876 g/mol. The smallest absolute Gasteiger partial charge is 0.415 e. The molecule has 1 amide bonds. The number of aliphatic hydroxyl groups is 1. The Morgan fingerprint density at radius 3 is 2.60 bits per heavy atom. The summed E-state index contributed by atoms with van der Waals surface area (Å²) in [5, 5.41) is 26.5. The number of fused-ring (bicyclic) bond motifs is 4. The highest BCUT2D eigenvalue weighted by Gasteiger charge is 2.49. The van der Waals surface area contributed by atoms with Crippen LogP contribution >= 0.6 is 11.3 Å². The number of quaternary nitrogens is 1. The Hall–Kier alpha value is -6.26. The van der Waals surface area contributed by atoms with E-state index in [1.54, 1.807) is 29.2 Å². The number of phenols is 1. The van der Waals surface area contributed by atoms with E-state index in [-0.39, 0.29) is 66.7 Å². The number of nitrogens with one attached hydrogen (secondary N) is 2. The van der Waals surface area contributed by atoms with Gasteiger partial charge in [0.1, 0.15) is 37.0 Å². The van der Waals surface area contributed by atoms with E-state index < -0.39 is 18.2 Å². The molecule has 328 valence electrons. The van der Waals surface area contributed by atoms with Gasteiger partial charge in [-0.2, -0.15) is 0 Å². The molecule has 0 radical (unpaired) electrons. The fourth-order valence-electron chi connectivity index (χ4n) is 8.58. The molecule has 0 aliphatic carbocycles. The van der Waals surface area contributed by atoms with Crippen LogP contribution in [0.2, 0.25) is 0 Å². The molecule has 15 heteroatoms. The predicted molar refractivity (Wildman–Crippen MR) is 237 cm³/mol. The third-order valence-electron chi connectivity index (χ3n) is 11.9. The second-order valence-corrected chi connectivity index (χ2v) is 17.2. The van der Waals surface area contributed by atoms with Crippen molar-refractivity contribution in [2.75, 3.05) is 50.8 Å². The number of furan rings is 1. The number of aromatic hydroxyl groups is 1. The van der Waals surface area contributed by atoms with E-state index in [4.69, 9.17) is 18.6 Å². The normalized spacial score (nSPS) is 18.5. The molecule has 9 rings (SSSR count). The van der Waals surface area contributed by atoms with E-state index in [0.29, 0.717) is 65.1 Å². The number of anilines is 1. The molecular formula is C48H51N4O10S+. The first-order chi connectivity index (χ1) is 30.6. The number of ketones is 1. The molecule has 6 heterocycles. The topological polar surface area (TPSA) is 181 Å². The number of ether oxygens (including phenoxy) is 3. The summed E-state index contributed by atoms with van der Waals surface area (Å²) in [6.07, 6.45) is 1.53. The van der Waals surface area contributed by atoms with Gasteiger partial charge < -0.3 is 43.6 Å². The van der Waals surface area contributed by atoms with Gasteiger partial charge in [-0.1, -0.05) is 42.5 Å². The molecule has 2 bridgehead atoms. The lowest BCUT2D eigenvalue weighted by molar-refractivity contribution is -0.938. The summed E-state index contributed by atoms with van der Waals surface area (Å²) in [4.78, 5) is 56.6. The molecule has 3 aromatic heterocycles. The number of aromatic amines is 1. The van der Waals surface area contributed by atoms with Crippen LogP contribution in [0.1, 0.15) is 68.9 Å². The number of pyridine rings is 1. The SMILES string of the molecule is O=C(OCCCCNC[C@H](O)c1ccc(O)c2[nH]c(=O)ccc12)c1ccc(COc2cccc(CN(C(=O)O[C@H]3C[N+]4(CC(=O)c5cccs5)CCC3CC4)c3ccccc3)c2)o1. The Bertz CT molecular complexity index is 2570. The van der Waals surface area contributed by atoms with Crippen molar-refractivity contribution in [2.24, 2.45) is 5.92 Å². The Morgan fingerprint density at radius 1 is 0.952 bits per heavy atom. The fourth-order valence-corrected chi connectivity index (χ4v) is 9.24. The van der Waals surface area contributed by atoms with Gasteiger partial charge in [0.15, 0.2) is 6.10 Å². The second kappa shape index (κ2) is 19.8. The van der Waals surface area contributed by atoms with Crippen molar-refractivity contribution < 1.29 is 47.7 Å². The highest BCUT2D eigenvalue weighted by molar-refractivity contribution is 7.12. The van der Waals surface area contributed by atoms with Gasteiger partial charge in [-0.05, 0) is 90.5 Å². The molecule has 2 atom stereocenters. The minimum absolute atomic E-state index is 0.0631. The number of esters is 1. The molecule has 3 fully saturated rings. The number of thiophene rings is 1. The Kier molecular flexibility index (Phi) is 13.7. The lowest BCUT2D eigenvalue weighted by atomic mass is 9.83. The number of piperidine rings is 3. The molecule has 4 N–H and O–H groups in total. The van der Waals surface area contributed by atoms with Crippen LogP contribution in [-0.2, 0) is 22.6 Å². The third-order valence-corrected chi connectivity index (χ3v) is 12.8. The van der Waals surface area contributed by atoms with Crippen LogP contribution in [0.25, 0.3) is 10.9 Å².